The number of aromatic nitrogens is 3. The number of hydrogen-bond acceptors (Lipinski definition) is 6. The van der Waals surface area contributed by atoms with Gasteiger partial charge in [-0.1, -0.05) is 0 Å². The zero-order chi connectivity index (χ0) is 16.2. The van der Waals surface area contributed by atoms with E-state index in [1.54, 1.807) is 6.20 Å². The molecule has 1 saturated heterocycles. The summed E-state index contributed by atoms with van der Waals surface area (Å²) >= 11 is 0. The predicted octanol–water partition coefficient (Wildman–Crippen LogP) is 2.16. The van der Waals surface area contributed by atoms with Gasteiger partial charge in [0.25, 0.3) is 0 Å². The van der Waals surface area contributed by atoms with Crippen molar-refractivity contribution in [1.82, 2.24) is 15.2 Å². The van der Waals surface area contributed by atoms with Crippen LogP contribution in [-0.2, 0) is 0 Å². The van der Waals surface area contributed by atoms with Gasteiger partial charge >= 0.3 is 0 Å². The van der Waals surface area contributed by atoms with E-state index in [4.69, 9.17) is 5.26 Å². The number of nitrogens with zero attached hydrogens (tertiary/aromatic N) is 6. The first-order valence-corrected chi connectivity index (χ1v) is 7.81. The Kier molecular flexibility index (Phi) is 4.38. The molecule has 6 heteroatoms. The highest BCUT2D eigenvalue weighted by atomic mass is 15.3. The minimum atomic E-state index is 0.368. The molecule has 1 aliphatic rings. The van der Waals surface area contributed by atoms with Gasteiger partial charge in [-0.05, 0) is 44.0 Å². The van der Waals surface area contributed by atoms with E-state index >= 15 is 0 Å². The van der Waals surface area contributed by atoms with Crippen LogP contribution in [-0.4, -0.2) is 41.4 Å². The van der Waals surface area contributed by atoms with Crippen molar-refractivity contribution in [3.63, 3.8) is 0 Å². The summed E-state index contributed by atoms with van der Waals surface area (Å²) in [5.74, 6) is 1.83. The van der Waals surface area contributed by atoms with Crippen LogP contribution in [0.5, 0.6) is 0 Å². The Labute approximate surface area is 136 Å². The van der Waals surface area contributed by atoms with Crippen molar-refractivity contribution >= 4 is 11.6 Å². The van der Waals surface area contributed by atoms with Crippen LogP contribution in [0.25, 0.3) is 0 Å². The molecular weight excluding hydrogens is 288 g/mol. The average Bonchev–Trinajstić information content (AvgIpc) is 2.62. The maximum absolute atomic E-state index is 8.87. The molecule has 0 aliphatic carbocycles. The Bertz CT molecular complexity index is 689. The standard InChI is InChI=1S/C17H20N6/c1-13-5-7-17(21-20-13)23-9-3-4-15(12-23)22(2)16-8-6-14(10-18)11-19-16/h5-8,11,15H,3-4,9,12H2,1-2H3. The zero-order valence-electron chi connectivity index (χ0n) is 13.5. The lowest BCUT2D eigenvalue weighted by atomic mass is 10.0. The van der Waals surface area contributed by atoms with Gasteiger partial charge in [-0.2, -0.15) is 10.4 Å². The summed E-state index contributed by atoms with van der Waals surface area (Å²) < 4.78 is 0. The molecule has 2 aromatic rings. The number of piperidine rings is 1. The summed E-state index contributed by atoms with van der Waals surface area (Å²) in [6.45, 7) is 3.85. The lowest BCUT2D eigenvalue weighted by molar-refractivity contribution is 0.482. The fourth-order valence-corrected chi connectivity index (χ4v) is 2.89. The topological polar surface area (TPSA) is 68.9 Å². The Hall–Kier alpha value is -2.68. The molecule has 1 aliphatic heterocycles. The largest absolute Gasteiger partial charge is 0.355 e. The summed E-state index contributed by atoms with van der Waals surface area (Å²) in [4.78, 5) is 8.86. The minimum absolute atomic E-state index is 0.368. The molecule has 1 atom stereocenters. The van der Waals surface area contributed by atoms with Crippen molar-refractivity contribution in [2.75, 3.05) is 29.9 Å². The summed E-state index contributed by atoms with van der Waals surface area (Å²) in [5.41, 5.74) is 1.52. The number of aryl methyl sites for hydroxylation is 1. The van der Waals surface area contributed by atoms with Crippen molar-refractivity contribution in [3.8, 4) is 6.07 Å². The maximum atomic E-state index is 8.87. The van der Waals surface area contributed by atoms with Gasteiger partial charge in [-0.25, -0.2) is 4.98 Å². The SMILES string of the molecule is Cc1ccc(N2CCCC(N(C)c3ccc(C#N)cn3)C2)nn1. The van der Waals surface area contributed by atoms with E-state index in [1.807, 2.05) is 31.2 Å². The highest BCUT2D eigenvalue weighted by Gasteiger charge is 2.25. The lowest BCUT2D eigenvalue weighted by Crippen LogP contribution is -2.47. The van der Waals surface area contributed by atoms with Crippen molar-refractivity contribution in [2.45, 2.75) is 25.8 Å². The molecule has 0 bridgehead atoms. The smallest absolute Gasteiger partial charge is 0.151 e. The minimum Gasteiger partial charge on any atom is -0.355 e. The van der Waals surface area contributed by atoms with Crippen LogP contribution in [0, 0.1) is 18.3 Å². The first-order chi connectivity index (χ1) is 11.2. The number of anilines is 2. The molecule has 0 spiro atoms. The lowest BCUT2D eigenvalue weighted by Gasteiger charge is -2.38. The molecule has 3 rings (SSSR count). The van der Waals surface area contributed by atoms with E-state index in [1.165, 1.54) is 0 Å². The summed E-state index contributed by atoms with van der Waals surface area (Å²) in [5, 5.41) is 17.3. The molecule has 0 aromatic carbocycles. The third-order valence-electron chi connectivity index (χ3n) is 4.29. The number of hydrogen-bond donors (Lipinski definition) is 0. The second kappa shape index (κ2) is 6.61. The van der Waals surface area contributed by atoms with Crippen LogP contribution >= 0.6 is 0 Å². The van der Waals surface area contributed by atoms with Crippen LogP contribution in [0.4, 0.5) is 11.6 Å². The van der Waals surface area contributed by atoms with Crippen LogP contribution in [0.2, 0.25) is 0 Å². The van der Waals surface area contributed by atoms with Crippen molar-refractivity contribution in [3.05, 3.63) is 41.7 Å². The van der Waals surface area contributed by atoms with Gasteiger partial charge in [0.1, 0.15) is 11.9 Å². The highest BCUT2D eigenvalue weighted by molar-refractivity contribution is 5.44. The predicted molar refractivity (Wildman–Crippen MR) is 89.4 cm³/mol. The highest BCUT2D eigenvalue weighted by Crippen LogP contribution is 2.23. The van der Waals surface area contributed by atoms with Crippen LogP contribution in [0.3, 0.4) is 0 Å². The number of pyridine rings is 1. The molecule has 6 nitrogen and oxygen atoms in total. The van der Waals surface area contributed by atoms with Gasteiger partial charge in [0, 0.05) is 32.4 Å². The third kappa shape index (κ3) is 3.39. The fourth-order valence-electron chi connectivity index (χ4n) is 2.89. The van der Waals surface area contributed by atoms with Crippen LogP contribution < -0.4 is 9.80 Å². The Morgan fingerprint density at radius 2 is 2.13 bits per heavy atom. The second-order valence-electron chi connectivity index (χ2n) is 5.90. The normalized spacial score (nSPS) is 17.6. The number of nitriles is 1. The Balaban J connectivity index is 1.72. The quantitative estimate of drug-likeness (QED) is 0.865. The van der Waals surface area contributed by atoms with Crippen molar-refractivity contribution in [2.24, 2.45) is 0 Å². The summed E-state index contributed by atoms with van der Waals surface area (Å²) in [7, 11) is 2.06. The molecule has 1 unspecified atom stereocenters. The van der Waals surface area contributed by atoms with Gasteiger partial charge in [0.2, 0.25) is 0 Å². The van der Waals surface area contributed by atoms with Crippen molar-refractivity contribution < 1.29 is 0 Å². The van der Waals surface area contributed by atoms with E-state index < -0.39 is 0 Å². The van der Waals surface area contributed by atoms with Gasteiger partial charge in [0.15, 0.2) is 5.82 Å². The zero-order valence-corrected chi connectivity index (χ0v) is 13.5. The first kappa shape index (κ1) is 15.2. The molecule has 2 aromatic heterocycles. The van der Waals surface area contributed by atoms with E-state index in [0.29, 0.717) is 11.6 Å². The molecular formula is C17H20N6. The fraction of sp³-hybridized carbons (Fsp3) is 0.412. The molecule has 3 heterocycles. The third-order valence-corrected chi connectivity index (χ3v) is 4.29. The summed E-state index contributed by atoms with van der Waals surface area (Å²) in [6.07, 6.45) is 3.85. The van der Waals surface area contributed by atoms with E-state index in [0.717, 1.165) is 43.3 Å². The van der Waals surface area contributed by atoms with E-state index in [-0.39, 0.29) is 0 Å². The van der Waals surface area contributed by atoms with E-state index in [2.05, 4.69) is 38.1 Å². The molecule has 0 amide bonds. The number of likely N-dealkylation sites (N-methyl/N-ethyl adjacent to an activating group) is 1. The molecule has 0 N–H and O–H groups in total. The Morgan fingerprint density at radius 1 is 1.26 bits per heavy atom. The first-order valence-electron chi connectivity index (χ1n) is 7.81. The molecule has 23 heavy (non-hydrogen) atoms. The second-order valence-corrected chi connectivity index (χ2v) is 5.90. The summed E-state index contributed by atoms with van der Waals surface area (Å²) in [6, 6.07) is 10.2. The molecule has 1 fully saturated rings. The maximum Gasteiger partial charge on any atom is 0.151 e. The monoisotopic (exact) mass is 308 g/mol. The van der Waals surface area contributed by atoms with Crippen LogP contribution in [0.15, 0.2) is 30.5 Å². The van der Waals surface area contributed by atoms with E-state index in [9.17, 15) is 0 Å². The van der Waals surface area contributed by atoms with Gasteiger partial charge in [-0.15, -0.1) is 5.10 Å². The molecule has 0 saturated carbocycles. The van der Waals surface area contributed by atoms with Crippen LogP contribution in [0.1, 0.15) is 24.1 Å². The molecule has 118 valence electrons. The van der Waals surface area contributed by atoms with Gasteiger partial charge < -0.3 is 9.80 Å². The molecule has 0 radical (unpaired) electrons. The average molecular weight is 308 g/mol. The Morgan fingerprint density at radius 3 is 2.78 bits per heavy atom. The van der Waals surface area contributed by atoms with Gasteiger partial charge in [-0.3, -0.25) is 0 Å². The van der Waals surface area contributed by atoms with Gasteiger partial charge in [0.05, 0.1) is 11.3 Å². The number of rotatable bonds is 3. The van der Waals surface area contributed by atoms with Crippen molar-refractivity contribution in [1.29, 1.82) is 5.26 Å².